The Morgan fingerprint density at radius 2 is 1.43 bits per heavy atom. The number of aromatic nitrogens is 1. The lowest BCUT2D eigenvalue weighted by atomic mass is 9.91. The van der Waals surface area contributed by atoms with Crippen LogP contribution in [0.1, 0.15) is 64.2 Å². The highest BCUT2D eigenvalue weighted by Crippen LogP contribution is 2.23. The van der Waals surface area contributed by atoms with Crippen LogP contribution in [0.15, 0.2) is 28.6 Å². The first-order chi connectivity index (χ1) is 11.3. The van der Waals surface area contributed by atoms with E-state index < -0.39 is 0 Å². The van der Waals surface area contributed by atoms with Crippen LogP contribution in [0.5, 0.6) is 0 Å². The van der Waals surface area contributed by atoms with Crippen LogP contribution in [-0.4, -0.2) is 17.1 Å². The van der Waals surface area contributed by atoms with Crippen LogP contribution in [0, 0.1) is 0 Å². The monoisotopic (exact) mass is 348 g/mol. The molecule has 0 atom stereocenters. The Labute approximate surface area is 149 Å². The lowest BCUT2D eigenvalue weighted by Crippen LogP contribution is -2.40. The lowest BCUT2D eigenvalue weighted by molar-refractivity contribution is 0.291. The second-order valence-electron chi connectivity index (χ2n) is 6.80. The first-order valence-electron chi connectivity index (χ1n) is 9.12. The van der Waals surface area contributed by atoms with Crippen molar-refractivity contribution in [1.82, 2.24) is 10.3 Å². The fourth-order valence-corrected chi connectivity index (χ4v) is 4.84. The average Bonchev–Trinajstić information content (AvgIpc) is 2.97. The molecule has 2 aliphatic carbocycles. The molecule has 0 amide bonds. The van der Waals surface area contributed by atoms with E-state index in [4.69, 9.17) is 0 Å². The Morgan fingerprint density at radius 1 is 0.870 bits per heavy atom. The van der Waals surface area contributed by atoms with Gasteiger partial charge in [0.2, 0.25) is 0 Å². The van der Waals surface area contributed by atoms with E-state index >= 15 is 0 Å². The molecule has 0 bridgehead atoms. The summed E-state index contributed by atoms with van der Waals surface area (Å²) in [5.41, 5.74) is 1.04. The molecule has 2 nitrogen and oxygen atoms in total. The molecule has 1 N–H and O–H groups in total. The van der Waals surface area contributed by atoms with Crippen molar-refractivity contribution in [3.05, 3.63) is 24.3 Å². The van der Waals surface area contributed by atoms with Crippen molar-refractivity contribution < 1.29 is 0 Å². The summed E-state index contributed by atoms with van der Waals surface area (Å²) in [6, 6.07) is 9.77. The SMILES string of the molecule is C1CCC(NC2CCCCC2)CC1.Sc1nc2ccccc2s1. The van der Waals surface area contributed by atoms with Crippen molar-refractivity contribution >= 4 is 34.2 Å². The summed E-state index contributed by atoms with van der Waals surface area (Å²) in [6.45, 7) is 0. The van der Waals surface area contributed by atoms with Gasteiger partial charge in [0.25, 0.3) is 0 Å². The second-order valence-corrected chi connectivity index (χ2v) is 8.56. The lowest BCUT2D eigenvalue weighted by Gasteiger charge is -2.30. The average molecular weight is 349 g/mol. The van der Waals surface area contributed by atoms with E-state index in [0.29, 0.717) is 0 Å². The van der Waals surface area contributed by atoms with Gasteiger partial charge in [0.05, 0.1) is 10.2 Å². The number of rotatable bonds is 2. The number of thiol groups is 1. The van der Waals surface area contributed by atoms with Crippen molar-refractivity contribution in [2.75, 3.05) is 0 Å². The normalized spacial score (nSPS) is 20.2. The molecule has 2 saturated carbocycles. The summed E-state index contributed by atoms with van der Waals surface area (Å²) in [4.78, 5) is 4.20. The number of para-hydroxylation sites is 1. The fourth-order valence-electron chi connectivity index (χ4n) is 3.73. The maximum Gasteiger partial charge on any atom is 0.148 e. The van der Waals surface area contributed by atoms with Crippen LogP contribution in [0.2, 0.25) is 0 Å². The highest BCUT2D eigenvalue weighted by atomic mass is 32.2. The van der Waals surface area contributed by atoms with E-state index in [1.807, 2.05) is 24.3 Å². The first kappa shape index (κ1) is 17.2. The summed E-state index contributed by atoms with van der Waals surface area (Å²) in [6.07, 6.45) is 14.6. The molecule has 2 aromatic rings. The highest BCUT2D eigenvalue weighted by molar-refractivity contribution is 7.82. The van der Waals surface area contributed by atoms with E-state index in [2.05, 4.69) is 22.9 Å². The molecule has 4 heteroatoms. The van der Waals surface area contributed by atoms with Gasteiger partial charge in [-0.15, -0.1) is 24.0 Å². The molecular formula is C19H28N2S2. The quantitative estimate of drug-likeness (QED) is 0.668. The van der Waals surface area contributed by atoms with E-state index in [1.165, 1.54) is 68.9 Å². The molecule has 126 valence electrons. The standard InChI is InChI=1S/C12H23N.C7H5NS2/c1-3-7-11(8-4-1)13-12-9-5-2-6-10-12;9-7-8-5-3-1-2-4-6(5)10-7/h11-13H,1-10H2;1-4H,(H,8,9). The maximum absolute atomic E-state index is 4.20. The number of nitrogens with zero attached hydrogens (tertiary/aromatic N) is 1. The van der Waals surface area contributed by atoms with Crippen LogP contribution >= 0.6 is 24.0 Å². The van der Waals surface area contributed by atoms with Gasteiger partial charge in [-0.2, -0.15) is 0 Å². The molecule has 0 radical (unpaired) electrons. The van der Waals surface area contributed by atoms with Gasteiger partial charge in [0.15, 0.2) is 0 Å². The van der Waals surface area contributed by atoms with Gasteiger partial charge in [-0.05, 0) is 37.8 Å². The van der Waals surface area contributed by atoms with E-state index in [0.717, 1.165) is 21.9 Å². The van der Waals surface area contributed by atoms with Gasteiger partial charge in [0, 0.05) is 12.1 Å². The Hall–Kier alpha value is -0.580. The van der Waals surface area contributed by atoms with Crippen LogP contribution in [0.3, 0.4) is 0 Å². The first-order valence-corrected chi connectivity index (χ1v) is 10.4. The Bertz CT molecular complexity index is 535. The van der Waals surface area contributed by atoms with Gasteiger partial charge < -0.3 is 5.32 Å². The van der Waals surface area contributed by atoms with Crippen molar-refractivity contribution in [2.45, 2.75) is 80.6 Å². The molecule has 0 unspecified atom stereocenters. The Balaban J connectivity index is 0.000000140. The Morgan fingerprint density at radius 3 is 2.00 bits per heavy atom. The predicted molar refractivity (Wildman–Crippen MR) is 104 cm³/mol. The number of thiazole rings is 1. The van der Waals surface area contributed by atoms with E-state index in [1.54, 1.807) is 11.3 Å². The zero-order valence-electron chi connectivity index (χ0n) is 13.8. The molecule has 0 saturated heterocycles. The van der Waals surface area contributed by atoms with Crippen molar-refractivity contribution in [1.29, 1.82) is 0 Å². The van der Waals surface area contributed by atoms with Gasteiger partial charge in [-0.1, -0.05) is 50.7 Å². The molecule has 1 aromatic heterocycles. The smallest absolute Gasteiger partial charge is 0.148 e. The molecule has 0 aliphatic heterocycles. The number of hydrogen-bond donors (Lipinski definition) is 2. The molecule has 23 heavy (non-hydrogen) atoms. The summed E-state index contributed by atoms with van der Waals surface area (Å²) >= 11 is 5.76. The van der Waals surface area contributed by atoms with E-state index in [-0.39, 0.29) is 0 Å². The molecule has 1 heterocycles. The van der Waals surface area contributed by atoms with E-state index in [9.17, 15) is 0 Å². The molecular weight excluding hydrogens is 320 g/mol. The third-order valence-electron chi connectivity index (χ3n) is 4.96. The van der Waals surface area contributed by atoms with Gasteiger partial charge >= 0.3 is 0 Å². The van der Waals surface area contributed by atoms with Crippen molar-refractivity contribution in [3.8, 4) is 0 Å². The predicted octanol–water partition coefficient (Wildman–Crippen LogP) is 5.83. The second kappa shape index (κ2) is 9.05. The van der Waals surface area contributed by atoms with Gasteiger partial charge in [-0.3, -0.25) is 0 Å². The summed E-state index contributed by atoms with van der Waals surface area (Å²) in [7, 11) is 0. The largest absolute Gasteiger partial charge is 0.311 e. The zero-order chi connectivity index (χ0) is 15.9. The third-order valence-corrected chi connectivity index (χ3v) is 6.18. The fraction of sp³-hybridized carbons (Fsp3) is 0.632. The molecule has 0 spiro atoms. The maximum atomic E-state index is 4.20. The zero-order valence-corrected chi connectivity index (χ0v) is 15.5. The minimum Gasteiger partial charge on any atom is -0.311 e. The summed E-state index contributed by atoms with van der Waals surface area (Å²) in [5, 5.41) is 3.86. The van der Waals surface area contributed by atoms with Crippen molar-refractivity contribution in [2.24, 2.45) is 0 Å². The topological polar surface area (TPSA) is 24.9 Å². The minimum absolute atomic E-state index is 0.834. The molecule has 1 aromatic carbocycles. The minimum atomic E-state index is 0.834. The molecule has 2 aliphatic rings. The third kappa shape index (κ3) is 5.47. The van der Waals surface area contributed by atoms with Crippen LogP contribution in [-0.2, 0) is 0 Å². The highest BCUT2D eigenvalue weighted by Gasteiger charge is 2.19. The van der Waals surface area contributed by atoms with Gasteiger partial charge in [0.1, 0.15) is 4.34 Å². The van der Waals surface area contributed by atoms with Crippen LogP contribution in [0.4, 0.5) is 0 Å². The van der Waals surface area contributed by atoms with Crippen LogP contribution in [0.25, 0.3) is 10.2 Å². The molecule has 4 rings (SSSR count). The number of nitrogens with one attached hydrogen (secondary N) is 1. The summed E-state index contributed by atoms with van der Waals surface area (Å²) in [5.74, 6) is 0. The van der Waals surface area contributed by atoms with Gasteiger partial charge in [-0.25, -0.2) is 4.98 Å². The number of fused-ring (bicyclic) bond motifs is 1. The molecule has 2 fully saturated rings. The number of benzene rings is 1. The van der Waals surface area contributed by atoms with Crippen LogP contribution < -0.4 is 5.32 Å². The van der Waals surface area contributed by atoms with Crippen molar-refractivity contribution in [3.63, 3.8) is 0 Å². The summed E-state index contributed by atoms with van der Waals surface area (Å²) < 4.78 is 2.04. The Kier molecular flexibility index (Phi) is 6.79. The number of hydrogen-bond acceptors (Lipinski definition) is 4.